The van der Waals surface area contributed by atoms with Gasteiger partial charge in [0.25, 0.3) is 0 Å². The van der Waals surface area contributed by atoms with E-state index in [9.17, 15) is 52.4 Å². The first kappa shape index (κ1) is 43.2. The summed E-state index contributed by atoms with van der Waals surface area (Å²) < 4.78 is 136. The first-order valence-corrected chi connectivity index (χ1v) is 21.6. The highest BCUT2D eigenvalue weighted by Crippen LogP contribution is 2.47. The van der Waals surface area contributed by atoms with Crippen molar-refractivity contribution in [2.45, 2.75) is 43.8 Å². The van der Waals surface area contributed by atoms with Gasteiger partial charge in [-0.3, -0.25) is 9.59 Å². The van der Waals surface area contributed by atoms with Gasteiger partial charge in [-0.05, 0) is 78.4 Å². The smallest absolute Gasteiger partial charge is 0.458 e. The van der Waals surface area contributed by atoms with Gasteiger partial charge >= 0.3 is 21.6 Å². The van der Waals surface area contributed by atoms with E-state index in [1.165, 1.54) is 48.2 Å². The molecule has 1 aliphatic heterocycles. The molecular weight excluding hydrogens is 795 g/mol. The lowest BCUT2D eigenvalue weighted by Gasteiger charge is -2.48. The van der Waals surface area contributed by atoms with Gasteiger partial charge < -0.3 is 13.8 Å². The van der Waals surface area contributed by atoms with Crippen molar-refractivity contribution in [1.29, 1.82) is 0 Å². The van der Waals surface area contributed by atoms with Gasteiger partial charge in [0, 0.05) is 37.7 Å². The molecule has 1 amide bonds. The lowest BCUT2D eigenvalue weighted by molar-refractivity contribution is -0.147. The van der Waals surface area contributed by atoms with Gasteiger partial charge in [0.15, 0.2) is 0 Å². The van der Waals surface area contributed by atoms with E-state index in [2.05, 4.69) is 25.5 Å². The molecule has 20 heteroatoms. The molecule has 13 nitrogen and oxygen atoms in total. The molecule has 2 N–H and O–H groups in total. The van der Waals surface area contributed by atoms with Crippen molar-refractivity contribution in [2.75, 3.05) is 30.5 Å². The van der Waals surface area contributed by atoms with Gasteiger partial charge in [-0.15, -0.1) is 0 Å². The Hall–Kier alpha value is -4.55. The normalized spacial score (nSPS) is 16.9. The summed E-state index contributed by atoms with van der Waals surface area (Å²) in [5.41, 5.74) is -3.82. The number of nitrogens with zero attached hydrogens (tertiary/aromatic N) is 1. The number of halogens is 4. The first-order chi connectivity index (χ1) is 25.5. The number of carbonyl (C=O) groups excluding carboxylic acids is 2. The van der Waals surface area contributed by atoms with Crippen LogP contribution in [0.15, 0.2) is 72.8 Å². The topological polar surface area (TPSA) is 182 Å². The van der Waals surface area contributed by atoms with Crippen LogP contribution in [-0.4, -0.2) is 68.2 Å². The Bertz CT molecular complexity index is 2210. The molecule has 3 aromatic rings. The lowest BCUT2D eigenvalue weighted by atomic mass is 9.78. The largest absolute Gasteiger partial charge is 0.534 e. The van der Waals surface area contributed by atoms with Crippen molar-refractivity contribution in [1.82, 2.24) is 9.44 Å². The Morgan fingerprint density at radius 1 is 0.873 bits per heavy atom. The Kier molecular flexibility index (Phi) is 13.7. The minimum Gasteiger partial charge on any atom is -0.458 e. The fraction of sp³-hybridized carbons (Fsp3) is 0.371. The quantitative estimate of drug-likeness (QED) is 0.0528. The molecule has 1 fully saturated rings. The van der Waals surface area contributed by atoms with Crippen LogP contribution in [0, 0.1) is 29.5 Å². The fourth-order valence-electron chi connectivity index (χ4n) is 5.65. The summed E-state index contributed by atoms with van der Waals surface area (Å²) in [7, 11) is -13.0. The number of anilines is 1. The predicted octanol–water partition coefficient (Wildman–Crippen LogP) is 4.30. The average Bonchev–Trinajstić information content (AvgIpc) is 3.07. The second-order valence-corrected chi connectivity index (χ2v) is 17.9. The van der Waals surface area contributed by atoms with Gasteiger partial charge in [-0.2, -0.15) is 21.6 Å². The highest BCUT2D eigenvalue weighted by atomic mass is 32.2. The third-order valence-corrected chi connectivity index (χ3v) is 10.6. The Labute approximate surface area is 316 Å². The van der Waals surface area contributed by atoms with E-state index in [-0.39, 0.29) is 38.3 Å². The molecule has 0 unspecified atom stereocenters. The van der Waals surface area contributed by atoms with Gasteiger partial charge in [0.1, 0.15) is 17.7 Å². The summed E-state index contributed by atoms with van der Waals surface area (Å²) in [6.07, 6.45) is 1.54. The molecule has 298 valence electrons. The Balaban J connectivity index is 1.58. The van der Waals surface area contributed by atoms with Gasteiger partial charge in [0.2, 0.25) is 26.0 Å². The molecule has 1 saturated heterocycles. The van der Waals surface area contributed by atoms with Crippen LogP contribution in [0.4, 0.5) is 23.2 Å². The summed E-state index contributed by atoms with van der Waals surface area (Å²) in [4.78, 5) is 27.1. The van der Waals surface area contributed by atoms with Gasteiger partial charge in [-0.1, -0.05) is 36.1 Å². The van der Waals surface area contributed by atoms with E-state index in [4.69, 9.17) is 4.74 Å². The van der Waals surface area contributed by atoms with Crippen LogP contribution in [0.5, 0.6) is 5.75 Å². The van der Waals surface area contributed by atoms with Gasteiger partial charge in [0.05, 0.1) is 24.5 Å². The summed E-state index contributed by atoms with van der Waals surface area (Å²) in [6, 6.07) is 15.7. The molecule has 0 radical (unpaired) electrons. The maximum atomic E-state index is 13.7. The number of amides is 1. The summed E-state index contributed by atoms with van der Waals surface area (Å²) in [6.45, 7) is 1.08. The number of alkyl halides is 3. The zero-order chi connectivity index (χ0) is 40.8. The van der Waals surface area contributed by atoms with E-state index in [0.29, 0.717) is 22.4 Å². The zero-order valence-corrected chi connectivity index (χ0v) is 32.0. The standard InChI is InChI=1S/C35H37F4N3O10S3/c1-23(43)51-32(26-9-13-28(36)14-10-26)20-19-31-33(27-11-17-30(18-12-27)52-55(49,50)35(37,38)39)42(34(31)44)29-15-7-24(8-16-29)5-4-6-25(21-40-53(2,45)46)22-41-54(3,47)48/h7-18,25,31-33,40-41H,6,19-22H2,1-3H3/t31-,32+,33-/m1/s1. The van der Waals surface area contributed by atoms with Gasteiger partial charge in [-0.25, -0.2) is 30.7 Å². The number of rotatable bonds is 16. The lowest BCUT2D eigenvalue weighted by Crippen LogP contribution is -2.55. The molecule has 0 bridgehead atoms. The first-order valence-electron chi connectivity index (χ1n) is 16.4. The van der Waals surface area contributed by atoms with E-state index >= 15 is 0 Å². The fourth-order valence-corrected chi connectivity index (χ4v) is 7.19. The number of esters is 1. The van der Waals surface area contributed by atoms with Crippen LogP contribution >= 0.6 is 0 Å². The Morgan fingerprint density at radius 3 is 1.95 bits per heavy atom. The third kappa shape index (κ3) is 12.5. The van der Waals surface area contributed by atoms with Crippen LogP contribution in [0.25, 0.3) is 0 Å². The molecule has 1 aliphatic rings. The van der Waals surface area contributed by atoms with Crippen LogP contribution in [0.1, 0.15) is 55.0 Å². The van der Waals surface area contributed by atoms with Crippen LogP contribution in [0.2, 0.25) is 0 Å². The van der Waals surface area contributed by atoms with Crippen molar-refractivity contribution in [3.63, 3.8) is 0 Å². The number of hydrogen-bond donors (Lipinski definition) is 2. The van der Waals surface area contributed by atoms with Crippen molar-refractivity contribution in [3.8, 4) is 17.6 Å². The molecule has 0 aliphatic carbocycles. The van der Waals surface area contributed by atoms with Crippen molar-refractivity contribution < 1.29 is 61.3 Å². The maximum absolute atomic E-state index is 13.7. The van der Waals surface area contributed by atoms with Crippen LogP contribution < -0.4 is 18.5 Å². The number of sulfonamides is 2. The Morgan fingerprint density at radius 2 is 1.44 bits per heavy atom. The second-order valence-electron chi connectivity index (χ2n) is 12.7. The van der Waals surface area contributed by atoms with E-state index < -0.39 is 77.2 Å². The third-order valence-electron chi connectivity index (χ3n) is 8.25. The molecule has 3 aromatic carbocycles. The molecule has 0 aromatic heterocycles. The molecule has 55 heavy (non-hydrogen) atoms. The predicted molar refractivity (Wildman–Crippen MR) is 193 cm³/mol. The van der Waals surface area contributed by atoms with E-state index in [1.807, 2.05) is 0 Å². The summed E-state index contributed by atoms with van der Waals surface area (Å²) in [5.74, 6) is 2.54. The number of β-lactam (4-membered cyclic amide) rings is 1. The van der Waals surface area contributed by atoms with E-state index in [1.54, 1.807) is 24.3 Å². The van der Waals surface area contributed by atoms with Crippen molar-refractivity contribution in [3.05, 3.63) is 95.3 Å². The second kappa shape index (κ2) is 17.5. The molecular formula is C35H37F4N3O10S3. The minimum atomic E-state index is -5.93. The van der Waals surface area contributed by atoms with Crippen molar-refractivity contribution in [2.24, 2.45) is 11.8 Å². The zero-order valence-electron chi connectivity index (χ0n) is 29.5. The SMILES string of the molecule is CC(=O)O[C@@H](CC[C@H]1C(=O)N(c2ccc(C#CCC(CNS(C)(=O)=O)CNS(C)(=O)=O)cc2)[C@@H]1c1ccc(OS(=O)(=O)C(F)(F)F)cc1)c1ccc(F)cc1. The van der Waals surface area contributed by atoms with E-state index in [0.717, 1.165) is 24.6 Å². The monoisotopic (exact) mass is 831 g/mol. The number of benzene rings is 3. The van der Waals surface area contributed by atoms with Crippen molar-refractivity contribution >= 4 is 47.7 Å². The molecule has 3 atom stereocenters. The maximum Gasteiger partial charge on any atom is 0.534 e. The molecule has 0 spiro atoms. The highest BCUT2D eigenvalue weighted by molar-refractivity contribution is 7.89. The number of carbonyl (C=O) groups is 2. The minimum absolute atomic E-state index is 0.0641. The van der Waals surface area contributed by atoms with Crippen LogP contribution in [0.3, 0.4) is 0 Å². The average molecular weight is 832 g/mol. The number of hydrogen-bond acceptors (Lipinski definition) is 10. The number of ether oxygens (including phenoxy) is 1. The summed E-state index contributed by atoms with van der Waals surface area (Å²) in [5, 5.41) is 0. The number of nitrogens with one attached hydrogen (secondary N) is 2. The summed E-state index contributed by atoms with van der Waals surface area (Å²) >= 11 is 0. The van der Waals surface area contributed by atoms with Crippen LogP contribution in [-0.2, 0) is 44.5 Å². The highest BCUT2D eigenvalue weighted by Gasteiger charge is 2.50. The molecule has 0 saturated carbocycles. The molecule has 1 heterocycles. The molecule has 4 rings (SSSR count).